The van der Waals surface area contributed by atoms with Gasteiger partial charge in [0.25, 0.3) is 0 Å². The van der Waals surface area contributed by atoms with Gasteiger partial charge in [-0.05, 0) is 18.8 Å². The van der Waals surface area contributed by atoms with Crippen LogP contribution in [0.3, 0.4) is 0 Å². The van der Waals surface area contributed by atoms with Gasteiger partial charge in [-0.2, -0.15) is 0 Å². The summed E-state index contributed by atoms with van der Waals surface area (Å²) < 4.78 is 0. The Balaban J connectivity index is 3.32. The number of carbonyl (C=O) groups excluding carboxylic acids is 1. The maximum atomic E-state index is 11.1. The summed E-state index contributed by atoms with van der Waals surface area (Å²) in [5.74, 6) is 0.522. The first-order chi connectivity index (χ1) is 6.02. The molecule has 0 aliphatic heterocycles. The normalized spacial score (nSPS) is 10.1. The van der Waals surface area contributed by atoms with E-state index in [1.54, 1.807) is 0 Å². The van der Waals surface area contributed by atoms with Crippen molar-refractivity contribution in [3.05, 3.63) is 0 Å². The zero-order valence-electron chi connectivity index (χ0n) is 8.30. The lowest BCUT2D eigenvalue weighted by Gasteiger charge is -2.06. The Morgan fingerprint density at radius 3 is 2.62 bits per heavy atom. The minimum atomic E-state index is 0.109. The van der Waals surface area contributed by atoms with Gasteiger partial charge in [0.15, 0.2) is 0 Å². The highest BCUT2D eigenvalue weighted by Gasteiger charge is 2.02. The van der Waals surface area contributed by atoms with E-state index in [4.69, 9.17) is 18.0 Å². The fraction of sp³-hybridized carbons (Fsp3) is 0.778. The summed E-state index contributed by atoms with van der Waals surface area (Å²) in [7, 11) is 0. The van der Waals surface area contributed by atoms with Crippen molar-refractivity contribution in [2.45, 2.75) is 33.1 Å². The van der Waals surface area contributed by atoms with Gasteiger partial charge in [0.2, 0.25) is 5.91 Å². The van der Waals surface area contributed by atoms with Crippen LogP contribution >= 0.6 is 12.2 Å². The molecule has 3 nitrogen and oxygen atoms in total. The third-order valence-corrected chi connectivity index (χ3v) is 1.72. The SMILES string of the molecule is CC(C)CC(=O)NCCCC(N)=S. The van der Waals surface area contributed by atoms with Crippen LogP contribution in [0.5, 0.6) is 0 Å². The quantitative estimate of drug-likeness (QED) is 0.503. The molecule has 76 valence electrons. The summed E-state index contributed by atoms with van der Waals surface area (Å²) in [6.07, 6.45) is 2.13. The van der Waals surface area contributed by atoms with Gasteiger partial charge in [0.1, 0.15) is 0 Å². The molecule has 0 aromatic carbocycles. The van der Waals surface area contributed by atoms with Crippen LogP contribution in [0.4, 0.5) is 0 Å². The molecule has 0 aliphatic carbocycles. The minimum absolute atomic E-state index is 0.109. The maximum Gasteiger partial charge on any atom is 0.220 e. The zero-order chi connectivity index (χ0) is 10.3. The molecule has 0 aromatic heterocycles. The molecule has 0 fully saturated rings. The number of hydrogen-bond donors (Lipinski definition) is 2. The molecule has 3 N–H and O–H groups in total. The third-order valence-electron chi connectivity index (χ3n) is 1.52. The third kappa shape index (κ3) is 9.27. The Morgan fingerprint density at radius 2 is 2.15 bits per heavy atom. The Bertz CT molecular complexity index is 180. The van der Waals surface area contributed by atoms with E-state index in [2.05, 4.69) is 5.32 Å². The molecule has 0 aromatic rings. The van der Waals surface area contributed by atoms with E-state index in [1.165, 1.54) is 0 Å². The average Bonchev–Trinajstić information content (AvgIpc) is 1.96. The van der Waals surface area contributed by atoms with Crippen molar-refractivity contribution in [1.82, 2.24) is 5.32 Å². The Labute approximate surface area is 85.1 Å². The van der Waals surface area contributed by atoms with E-state index in [0.717, 1.165) is 6.42 Å². The van der Waals surface area contributed by atoms with Gasteiger partial charge >= 0.3 is 0 Å². The summed E-state index contributed by atoms with van der Waals surface area (Å²) in [4.78, 5) is 11.6. The standard InChI is InChI=1S/C9H18N2OS/c1-7(2)6-9(12)11-5-3-4-8(10)13/h7H,3-6H2,1-2H3,(H2,10,13)(H,11,12). The molecule has 0 heterocycles. The van der Waals surface area contributed by atoms with E-state index in [0.29, 0.717) is 30.3 Å². The first kappa shape index (κ1) is 12.4. The van der Waals surface area contributed by atoms with E-state index in [-0.39, 0.29) is 5.91 Å². The van der Waals surface area contributed by atoms with Gasteiger partial charge in [-0.15, -0.1) is 0 Å². The highest BCUT2D eigenvalue weighted by atomic mass is 32.1. The lowest BCUT2D eigenvalue weighted by Crippen LogP contribution is -2.26. The molecule has 0 aliphatic rings. The van der Waals surface area contributed by atoms with Gasteiger partial charge < -0.3 is 11.1 Å². The van der Waals surface area contributed by atoms with E-state index >= 15 is 0 Å². The monoisotopic (exact) mass is 202 g/mol. The van der Waals surface area contributed by atoms with Gasteiger partial charge in [0.05, 0.1) is 4.99 Å². The predicted molar refractivity (Wildman–Crippen MR) is 58.5 cm³/mol. The van der Waals surface area contributed by atoms with Crippen molar-refractivity contribution in [3.63, 3.8) is 0 Å². The minimum Gasteiger partial charge on any atom is -0.393 e. The van der Waals surface area contributed by atoms with Crippen molar-refractivity contribution in [2.24, 2.45) is 11.7 Å². The smallest absolute Gasteiger partial charge is 0.220 e. The summed E-state index contributed by atoms with van der Waals surface area (Å²) >= 11 is 4.71. The number of rotatable bonds is 6. The summed E-state index contributed by atoms with van der Waals surface area (Å²) in [5.41, 5.74) is 5.31. The van der Waals surface area contributed by atoms with Crippen molar-refractivity contribution >= 4 is 23.1 Å². The Hall–Kier alpha value is -0.640. The molecule has 0 unspecified atom stereocenters. The van der Waals surface area contributed by atoms with Crippen LogP contribution < -0.4 is 11.1 Å². The number of nitrogens with two attached hydrogens (primary N) is 1. The van der Waals surface area contributed by atoms with E-state index in [1.807, 2.05) is 13.8 Å². The molecular weight excluding hydrogens is 184 g/mol. The van der Waals surface area contributed by atoms with Crippen molar-refractivity contribution in [2.75, 3.05) is 6.54 Å². The summed E-state index contributed by atoms with van der Waals surface area (Å²) in [6, 6.07) is 0. The molecule has 1 amide bonds. The number of hydrogen-bond acceptors (Lipinski definition) is 2. The first-order valence-electron chi connectivity index (χ1n) is 4.57. The average molecular weight is 202 g/mol. The lowest BCUT2D eigenvalue weighted by molar-refractivity contribution is -0.121. The highest BCUT2D eigenvalue weighted by molar-refractivity contribution is 7.80. The van der Waals surface area contributed by atoms with Crippen LogP contribution in [0, 0.1) is 5.92 Å². The largest absolute Gasteiger partial charge is 0.393 e. The van der Waals surface area contributed by atoms with Gasteiger partial charge in [-0.3, -0.25) is 4.79 Å². The number of carbonyl (C=O) groups is 1. The van der Waals surface area contributed by atoms with Crippen LogP contribution in [0.2, 0.25) is 0 Å². The number of nitrogens with one attached hydrogen (secondary N) is 1. The highest BCUT2D eigenvalue weighted by Crippen LogP contribution is 1.98. The van der Waals surface area contributed by atoms with Crippen molar-refractivity contribution in [3.8, 4) is 0 Å². The molecular formula is C9H18N2OS. The summed E-state index contributed by atoms with van der Waals surface area (Å²) in [6.45, 7) is 4.71. The molecule has 0 rings (SSSR count). The molecule has 0 saturated heterocycles. The molecule has 0 atom stereocenters. The van der Waals surface area contributed by atoms with Crippen LogP contribution in [0.1, 0.15) is 33.1 Å². The molecule has 0 radical (unpaired) electrons. The lowest BCUT2D eigenvalue weighted by atomic mass is 10.1. The fourth-order valence-corrected chi connectivity index (χ4v) is 1.08. The molecule has 0 saturated carbocycles. The van der Waals surface area contributed by atoms with E-state index < -0.39 is 0 Å². The van der Waals surface area contributed by atoms with Crippen LogP contribution in [0.15, 0.2) is 0 Å². The van der Waals surface area contributed by atoms with E-state index in [9.17, 15) is 4.79 Å². The second-order valence-electron chi connectivity index (χ2n) is 3.52. The Morgan fingerprint density at radius 1 is 1.54 bits per heavy atom. The fourth-order valence-electron chi connectivity index (χ4n) is 0.933. The first-order valence-corrected chi connectivity index (χ1v) is 4.98. The van der Waals surface area contributed by atoms with Crippen LogP contribution in [-0.2, 0) is 4.79 Å². The number of thiocarbonyl (C=S) groups is 1. The van der Waals surface area contributed by atoms with Crippen LogP contribution in [-0.4, -0.2) is 17.4 Å². The van der Waals surface area contributed by atoms with Gasteiger partial charge in [-0.1, -0.05) is 26.1 Å². The maximum absolute atomic E-state index is 11.1. The Kier molecular flexibility index (Phi) is 6.49. The molecule has 0 bridgehead atoms. The summed E-state index contributed by atoms with van der Waals surface area (Å²) in [5, 5.41) is 2.82. The van der Waals surface area contributed by atoms with Gasteiger partial charge in [0, 0.05) is 13.0 Å². The molecule has 4 heteroatoms. The second-order valence-corrected chi connectivity index (χ2v) is 4.04. The van der Waals surface area contributed by atoms with Gasteiger partial charge in [-0.25, -0.2) is 0 Å². The van der Waals surface area contributed by atoms with Crippen molar-refractivity contribution in [1.29, 1.82) is 0 Å². The van der Waals surface area contributed by atoms with Crippen LogP contribution in [0.25, 0.3) is 0 Å². The predicted octanol–water partition coefficient (Wildman–Crippen LogP) is 1.22. The molecule has 0 spiro atoms. The second kappa shape index (κ2) is 6.83. The molecule has 13 heavy (non-hydrogen) atoms. The van der Waals surface area contributed by atoms with Crippen molar-refractivity contribution < 1.29 is 4.79 Å². The topological polar surface area (TPSA) is 55.1 Å². The number of amides is 1. The zero-order valence-corrected chi connectivity index (χ0v) is 9.12.